The maximum absolute atomic E-state index is 12.4. The smallest absolute Gasteiger partial charge is 0.283 e. The highest BCUT2D eigenvalue weighted by Gasteiger charge is 2.21. The first-order valence-corrected chi connectivity index (χ1v) is 10.1. The van der Waals surface area contributed by atoms with Gasteiger partial charge in [-0.3, -0.25) is 20.2 Å². The molecule has 1 N–H and O–H groups in total. The number of nitro benzene ring substituents is 1. The van der Waals surface area contributed by atoms with E-state index in [-0.39, 0.29) is 11.3 Å². The summed E-state index contributed by atoms with van der Waals surface area (Å²) in [5, 5.41) is 23.5. The molecule has 0 atom stereocenters. The van der Waals surface area contributed by atoms with Crippen molar-refractivity contribution < 1.29 is 9.72 Å². The molecule has 1 amide bonds. The summed E-state index contributed by atoms with van der Waals surface area (Å²) in [6, 6.07) is 4.47. The molecule has 3 rings (SSSR count). The highest BCUT2D eigenvalue weighted by atomic mass is 32.2. The van der Waals surface area contributed by atoms with Crippen LogP contribution in [-0.2, 0) is 0 Å². The van der Waals surface area contributed by atoms with Crippen molar-refractivity contribution in [2.75, 3.05) is 11.6 Å². The number of nitrogens with zero attached hydrogens (tertiary/aromatic N) is 3. The van der Waals surface area contributed by atoms with E-state index in [1.54, 1.807) is 18.4 Å². The van der Waals surface area contributed by atoms with Gasteiger partial charge in [0.25, 0.3) is 11.6 Å². The molecule has 0 spiro atoms. The molecule has 2 aromatic rings. The van der Waals surface area contributed by atoms with Crippen molar-refractivity contribution >= 4 is 39.8 Å². The number of aromatic nitrogens is 2. The predicted molar refractivity (Wildman–Crippen MR) is 98.6 cm³/mol. The Morgan fingerprint density at radius 1 is 1.32 bits per heavy atom. The number of carbonyl (C=O) groups excluding carboxylic acids is 1. The molecule has 1 saturated carbocycles. The monoisotopic (exact) mass is 378 g/mol. The quantitative estimate of drug-likeness (QED) is 0.468. The van der Waals surface area contributed by atoms with Crippen LogP contribution in [0.3, 0.4) is 0 Å². The molecular formula is C16H18N4O3S2. The molecule has 7 nitrogen and oxygen atoms in total. The van der Waals surface area contributed by atoms with Crippen LogP contribution in [0.1, 0.15) is 53.4 Å². The molecule has 25 heavy (non-hydrogen) atoms. The zero-order chi connectivity index (χ0) is 17.8. The number of thioether (sulfide) groups is 1. The van der Waals surface area contributed by atoms with Crippen LogP contribution in [0.5, 0.6) is 0 Å². The van der Waals surface area contributed by atoms with Crippen LogP contribution in [0.25, 0.3) is 0 Å². The molecule has 1 aliphatic carbocycles. The standard InChI is InChI=1S/C16H18N4O3S2/c1-24-13-8-7-11(9-12(13)20(22)23)14(21)17-16-19-18-15(25-16)10-5-3-2-4-6-10/h7-10H,2-6H2,1H3,(H,17,19,21). The first-order chi connectivity index (χ1) is 12.1. The van der Waals surface area contributed by atoms with E-state index in [1.807, 2.05) is 0 Å². The third-order valence-electron chi connectivity index (χ3n) is 4.25. The van der Waals surface area contributed by atoms with E-state index in [4.69, 9.17) is 0 Å². The lowest BCUT2D eigenvalue weighted by atomic mass is 9.90. The first kappa shape index (κ1) is 17.8. The Hall–Kier alpha value is -2.00. The Morgan fingerprint density at radius 2 is 2.08 bits per heavy atom. The Kier molecular flexibility index (Phi) is 5.64. The number of nitrogens with one attached hydrogen (secondary N) is 1. The fourth-order valence-electron chi connectivity index (χ4n) is 2.94. The number of rotatable bonds is 5. The Balaban J connectivity index is 1.73. The van der Waals surface area contributed by atoms with Gasteiger partial charge in [0.15, 0.2) is 0 Å². The predicted octanol–water partition coefficient (Wildman–Crippen LogP) is 4.47. The molecule has 0 unspecified atom stereocenters. The Bertz CT molecular complexity index is 787. The van der Waals surface area contributed by atoms with Gasteiger partial charge >= 0.3 is 0 Å². The van der Waals surface area contributed by atoms with Gasteiger partial charge in [-0.2, -0.15) is 0 Å². The van der Waals surface area contributed by atoms with Crippen molar-refractivity contribution in [2.24, 2.45) is 0 Å². The molecule has 1 aromatic carbocycles. The highest BCUT2D eigenvalue weighted by Crippen LogP contribution is 2.35. The van der Waals surface area contributed by atoms with Crippen molar-refractivity contribution in [3.63, 3.8) is 0 Å². The summed E-state index contributed by atoms with van der Waals surface area (Å²) < 4.78 is 0. The summed E-state index contributed by atoms with van der Waals surface area (Å²) in [4.78, 5) is 23.6. The van der Waals surface area contributed by atoms with E-state index in [0.29, 0.717) is 15.9 Å². The van der Waals surface area contributed by atoms with Crippen molar-refractivity contribution in [2.45, 2.75) is 42.9 Å². The lowest BCUT2D eigenvalue weighted by Crippen LogP contribution is -2.12. The van der Waals surface area contributed by atoms with Crippen LogP contribution in [-0.4, -0.2) is 27.3 Å². The number of benzene rings is 1. The van der Waals surface area contributed by atoms with Crippen LogP contribution in [0.2, 0.25) is 0 Å². The lowest BCUT2D eigenvalue weighted by molar-refractivity contribution is -0.387. The van der Waals surface area contributed by atoms with E-state index in [2.05, 4.69) is 15.5 Å². The second kappa shape index (κ2) is 7.92. The van der Waals surface area contributed by atoms with E-state index >= 15 is 0 Å². The van der Waals surface area contributed by atoms with Gasteiger partial charge in [-0.15, -0.1) is 22.0 Å². The maximum atomic E-state index is 12.4. The first-order valence-electron chi connectivity index (χ1n) is 8.05. The number of nitro groups is 1. The summed E-state index contributed by atoms with van der Waals surface area (Å²) in [6.07, 6.45) is 7.67. The van der Waals surface area contributed by atoms with Crippen LogP contribution in [0.15, 0.2) is 23.1 Å². The molecule has 1 fully saturated rings. The fraction of sp³-hybridized carbons (Fsp3) is 0.438. The highest BCUT2D eigenvalue weighted by molar-refractivity contribution is 7.98. The minimum Gasteiger partial charge on any atom is -0.296 e. The zero-order valence-electron chi connectivity index (χ0n) is 13.7. The van der Waals surface area contributed by atoms with Crippen LogP contribution >= 0.6 is 23.1 Å². The topological polar surface area (TPSA) is 98.0 Å². The van der Waals surface area contributed by atoms with Crippen molar-refractivity contribution in [3.05, 3.63) is 38.9 Å². The average molecular weight is 378 g/mol. The number of amides is 1. The molecular weight excluding hydrogens is 360 g/mol. The molecule has 0 bridgehead atoms. The molecule has 0 aliphatic heterocycles. The summed E-state index contributed by atoms with van der Waals surface area (Å²) in [7, 11) is 0. The van der Waals surface area contributed by atoms with Gasteiger partial charge in [-0.1, -0.05) is 30.6 Å². The number of hydrogen-bond acceptors (Lipinski definition) is 7. The third kappa shape index (κ3) is 4.16. The van der Waals surface area contributed by atoms with Crippen LogP contribution in [0, 0.1) is 10.1 Å². The van der Waals surface area contributed by atoms with E-state index < -0.39 is 10.8 Å². The normalized spacial score (nSPS) is 15.1. The fourth-order valence-corrected chi connectivity index (χ4v) is 4.40. The second-order valence-electron chi connectivity index (χ2n) is 5.88. The molecule has 132 valence electrons. The summed E-state index contributed by atoms with van der Waals surface area (Å²) in [6.45, 7) is 0. The van der Waals surface area contributed by atoms with Crippen LogP contribution < -0.4 is 5.32 Å². The summed E-state index contributed by atoms with van der Waals surface area (Å²) in [5.74, 6) is 0.0148. The van der Waals surface area contributed by atoms with Crippen molar-refractivity contribution in [1.29, 1.82) is 0 Å². The molecule has 1 aromatic heterocycles. The third-order valence-corrected chi connectivity index (χ3v) is 6.04. The number of hydrogen-bond donors (Lipinski definition) is 1. The largest absolute Gasteiger partial charge is 0.296 e. The van der Waals surface area contributed by atoms with E-state index in [9.17, 15) is 14.9 Å². The van der Waals surface area contributed by atoms with Gasteiger partial charge < -0.3 is 0 Å². The van der Waals surface area contributed by atoms with E-state index in [1.165, 1.54) is 48.4 Å². The zero-order valence-corrected chi connectivity index (χ0v) is 15.4. The minimum atomic E-state index is -0.477. The minimum absolute atomic E-state index is 0.0692. The van der Waals surface area contributed by atoms with Gasteiger partial charge in [-0.05, 0) is 31.2 Å². The molecule has 0 radical (unpaired) electrons. The van der Waals surface area contributed by atoms with Gasteiger partial charge in [-0.25, -0.2) is 0 Å². The molecule has 0 saturated heterocycles. The van der Waals surface area contributed by atoms with Gasteiger partial charge in [0.1, 0.15) is 5.01 Å². The van der Waals surface area contributed by atoms with Crippen molar-refractivity contribution in [3.8, 4) is 0 Å². The number of anilines is 1. The molecule has 1 heterocycles. The Labute approximate surface area is 153 Å². The van der Waals surface area contributed by atoms with Gasteiger partial charge in [0.05, 0.1) is 9.82 Å². The Morgan fingerprint density at radius 3 is 2.76 bits per heavy atom. The molecule has 1 aliphatic rings. The summed E-state index contributed by atoms with van der Waals surface area (Å²) >= 11 is 2.66. The second-order valence-corrected chi connectivity index (χ2v) is 7.74. The van der Waals surface area contributed by atoms with E-state index in [0.717, 1.165) is 17.8 Å². The number of carbonyl (C=O) groups is 1. The van der Waals surface area contributed by atoms with Gasteiger partial charge in [0, 0.05) is 17.5 Å². The van der Waals surface area contributed by atoms with Gasteiger partial charge in [0.2, 0.25) is 5.13 Å². The van der Waals surface area contributed by atoms with Crippen molar-refractivity contribution in [1.82, 2.24) is 10.2 Å². The lowest BCUT2D eigenvalue weighted by Gasteiger charge is -2.18. The summed E-state index contributed by atoms with van der Waals surface area (Å²) in [5.41, 5.74) is 0.166. The SMILES string of the molecule is CSc1ccc(C(=O)Nc2nnc(C3CCCCC3)s2)cc1[N+](=O)[O-]. The average Bonchev–Trinajstić information content (AvgIpc) is 3.10. The maximum Gasteiger partial charge on any atom is 0.283 e. The van der Waals surface area contributed by atoms with Crippen LogP contribution in [0.4, 0.5) is 10.8 Å². The molecule has 9 heteroatoms.